The molecule has 1 atom stereocenters. The van der Waals surface area contributed by atoms with E-state index in [0.29, 0.717) is 0 Å². The maximum atomic E-state index is 10.4. The predicted molar refractivity (Wildman–Crippen MR) is 92.9 cm³/mol. The smallest absolute Gasteiger partial charge is 0.160 e. The molecule has 0 saturated heterocycles. The summed E-state index contributed by atoms with van der Waals surface area (Å²) in [4.78, 5) is 3.20. The largest absolute Gasteiger partial charge is 0.508 e. The van der Waals surface area contributed by atoms with E-state index in [9.17, 15) is 5.11 Å². The Kier molecular flexibility index (Phi) is 2.64. The van der Waals surface area contributed by atoms with Gasteiger partial charge in [-0.3, -0.25) is 0 Å². The Balaban J connectivity index is 1.87. The third kappa shape index (κ3) is 1.75. The summed E-state index contributed by atoms with van der Waals surface area (Å²) in [7, 11) is 0. The van der Waals surface area contributed by atoms with Gasteiger partial charge in [0.2, 0.25) is 0 Å². The number of para-hydroxylation sites is 2. The first-order valence-electron chi connectivity index (χ1n) is 7.79. The number of aromatic nitrogens is 3. The highest BCUT2D eigenvalue weighted by Crippen LogP contribution is 2.44. The van der Waals surface area contributed by atoms with E-state index in [-0.39, 0.29) is 11.8 Å². The van der Waals surface area contributed by atoms with Crippen LogP contribution in [-0.2, 0) is 0 Å². The molecule has 3 heterocycles. The molecule has 5 heteroatoms. The lowest BCUT2D eigenvalue weighted by molar-refractivity contribution is 0.466. The molecule has 0 amide bonds. The number of nitrogens with zero attached hydrogens (tertiary/aromatic N) is 2. The minimum Gasteiger partial charge on any atom is -0.508 e. The lowest BCUT2D eigenvalue weighted by atomic mass is 9.97. The van der Waals surface area contributed by atoms with Gasteiger partial charge in [0.1, 0.15) is 5.75 Å². The number of H-pyrrole nitrogens is 1. The topological polar surface area (TPSA) is 73.8 Å². The van der Waals surface area contributed by atoms with Crippen molar-refractivity contribution >= 4 is 16.7 Å². The average molecular weight is 314 g/mol. The number of hydrogen-bond acceptors (Lipinski definition) is 4. The van der Waals surface area contributed by atoms with Crippen molar-refractivity contribution in [3.05, 3.63) is 72.1 Å². The summed E-state index contributed by atoms with van der Waals surface area (Å²) < 4.78 is 0. The molecular formula is C19H14N4O. The standard InChI is InChI=1S/C19H14N4O/c24-16-8-4-2-6-12(16)18-14-9-20-19-17(14)13(10-21-23-19)11-5-1-3-7-15(11)22-18/h1-10,18,22,24H,(H,20,23). The fraction of sp³-hybridized carbons (Fsp3) is 0.0526. The fourth-order valence-electron chi connectivity index (χ4n) is 3.48. The highest BCUT2D eigenvalue weighted by atomic mass is 16.3. The molecule has 0 fully saturated rings. The first-order chi connectivity index (χ1) is 11.8. The molecular weight excluding hydrogens is 300 g/mol. The van der Waals surface area contributed by atoms with E-state index in [1.807, 2.05) is 42.6 Å². The normalized spacial score (nSPS) is 15.6. The molecule has 1 aliphatic heterocycles. The van der Waals surface area contributed by atoms with Gasteiger partial charge < -0.3 is 15.4 Å². The van der Waals surface area contributed by atoms with E-state index >= 15 is 0 Å². The highest BCUT2D eigenvalue weighted by molar-refractivity contribution is 6.00. The van der Waals surface area contributed by atoms with Gasteiger partial charge in [-0.1, -0.05) is 36.4 Å². The van der Waals surface area contributed by atoms with Gasteiger partial charge in [-0.05, 0) is 12.1 Å². The number of phenolic OH excluding ortho intramolecular Hbond substituents is 1. The zero-order chi connectivity index (χ0) is 16.1. The van der Waals surface area contributed by atoms with Crippen LogP contribution in [0, 0.1) is 0 Å². The molecule has 2 aromatic heterocycles. The summed E-state index contributed by atoms with van der Waals surface area (Å²) in [6.07, 6.45) is 3.74. The van der Waals surface area contributed by atoms with E-state index < -0.39 is 0 Å². The third-order valence-electron chi connectivity index (χ3n) is 4.58. The first-order valence-corrected chi connectivity index (χ1v) is 7.79. The maximum absolute atomic E-state index is 10.4. The van der Waals surface area contributed by atoms with Gasteiger partial charge in [0.25, 0.3) is 0 Å². The number of rotatable bonds is 1. The lowest BCUT2D eigenvalue weighted by Crippen LogP contribution is -2.11. The van der Waals surface area contributed by atoms with Crippen LogP contribution in [0.4, 0.5) is 5.69 Å². The number of benzene rings is 2. The number of anilines is 1. The number of hydrogen-bond donors (Lipinski definition) is 3. The Morgan fingerprint density at radius 1 is 0.917 bits per heavy atom. The molecule has 1 unspecified atom stereocenters. The monoisotopic (exact) mass is 314 g/mol. The van der Waals surface area contributed by atoms with Crippen LogP contribution in [0.25, 0.3) is 22.2 Å². The van der Waals surface area contributed by atoms with Gasteiger partial charge in [0.05, 0.1) is 12.2 Å². The minimum atomic E-state index is -0.174. The van der Waals surface area contributed by atoms with Crippen molar-refractivity contribution in [2.45, 2.75) is 6.04 Å². The van der Waals surface area contributed by atoms with E-state index in [4.69, 9.17) is 0 Å². The van der Waals surface area contributed by atoms with Crippen LogP contribution in [0.3, 0.4) is 0 Å². The number of aromatic amines is 1. The van der Waals surface area contributed by atoms with Gasteiger partial charge in [0.15, 0.2) is 5.65 Å². The first kappa shape index (κ1) is 13.1. The van der Waals surface area contributed by atoms with E-state index in [1.54, 1.807) is 12.3 Å². The van der Waals surface area contributed by atoms with Crippen molar-refractivity contribution in [3.8, 4) is 16.9 Å². The van der Waals surface area contributed by atoms with Gasteiger partial charge in [-0.15, -0.1) is 5.10 Å². The van der Waals surface area contributed by atoms with Crippen molar-refractivity contribution in [1.29, 1.82) is 0 Å². The minimum absolute atomic E-state index is 0.174. The second-order valence-electron chi connectivity index (χ2n) is 5.91. The predicted octanol–water partition coefficient (Wildman–Crippen LogP) is 3.85. The molecule has 0 spiro atoms. The molecule has 0 aliphatic carbocycles. The lowest BCUT2D eigenvalue weighted by Gasteiger charge is -2.20. The highest BCUT2D eigenvalue weighted by Gasteiger charge is 2.27. The molecule has 4 aromatic rings. The van der Waals surface area contributed by atoms with E-state index in [1.165, 1.54) is 0 Å². The fourth-order valence-corrected chi connectivity index (χ4v) is 3.48. The van der Waals surface area contributed by atoms with Crippen LogP contribution in [0.15, 0.2) is 60.9 Å². The summed E-state index contributed by atoms with van der Waals surface area (Å²) in [6, 6.07) is 15.4. The summed E-state index contributed by atoms with van der Waals surface area (Å²) in [5, 5.41) is 23.3. The molecule has 24 heavy (non-hydrogen) atoms. The summed E-state index contributed by atoms with van der Waals surface area (Å²) >= 11 is 0. The Morgan fingerprint density at radius 3 is 2.67 bits per heavy atom. The Labute approximate surface area is 138 Å². The Hall–Kier alpha value is -3.34. The van der Waals surface area contributed by atoms with Crippen molar-refractivity contribution in [2.24, 2.45) is 0 Å². The van der Waals surface area contributed by atoms with Crippen LogP contribution in [0.5, 0.6) is 5.75 Å². The zero-order valence-corrected chi connectivity index (χ0v) is 12.7. The molecule has 0 saturated carbocycles. The molecule has 2 aromatic carbocycles. The number of aromatic hydroxyl groups is 1. The average Bonchev–Trinajstić information content (AvgIpc) is 2.98. The summed E-state index contributed by atoms with van der Waals surface area (Å²) in [5.74, 6) is 0.271. The van der Waals surface area contributed by atoms with Crippen molar-refractivity contribution in [1.82, 2.24) is 15.2 Å². The molecule has 0 bridgehead atoms. The maximum Gasteiger partial charge on any atom is 0.160 e. The van der Waals surface area contributed by atoms with Crippen molar-refractivity contribution < 1.29 is 5.11 Å². The van der Waals surface area contributed by atoms with Crippen molar-refractivity contribution in [3.63, 3.8) is 0 Å². The number of phenols is 1. The third-order valence-corrected chi connectivity index (χ3v) is 4.58. The molecule has 0 radical (unpaired) electrons. The van der Waals surface area contributed by atoms with Crippen LogP contribution in [0.2, 0.25) is 0 Å². The van der Waals surface area contributed by atoms with Crippen LogP contribution >= 0.6 is 0 Å². The Morgan fingerprint density at radius 2 is 1.75 bits per heavy atom. The van der Waals surface area contributed by atoms with Gasteiger partial charge in [0, 0.05) is 39.5 Å². The SMILES string of the molecule is Oc1ccccc1C1Nc2ccccc2-c2cnnc3[nH]cc1c23. The molecule has 5 nitrogen and oxygen atoms in total. The second-order valence-corrected chi connectivity index (χ2v) is 5.91. The van der Waals surface area contributed by atoms with Crippen LogP contribution < -0.4 is 5.32 Å². The molecule has 116 valence electrons. The van der Waals surface area contributed by atoms with Gasteiger partial charge in [-0.2, -0.15) is 5.10 Å². The summed E-state index contributed by atoms with van der Waals surface area (Å²) in [5.41, 5.74) is 5.76. The van der Waals surface area contributed by atoms with Gasteiger partial charge >= 0.3 is 0 Å². The zero-order valence-electron chi connectivity index (χ0n) is 12.7. The van der Waals surface area contributed by atoms with Crippen molar-refractivity contribution in [2.75, 3.05) is 5.32 Å². The van der Waals surface area contributed by atoms with Gasteiger partial charge in [-0.25, -0.2) is 0 Å². The van der Waals surface area contributed by atoms with E-state index in [2.05, 4.69) is 26.6 Å². The number of nitrogens with one attached hydrogen (secondary N) is 2. The number of fused-ring (bicyclic) bond motifs is 2. The van der Waals surface area contributed by atoms with Crippen LogP contribution in [0.1, 0.15) is 17.2 Å². The molecule has 5 rings (SSSR count). The quantitative estimate of drug-likeness (QED) is 0.499. The van der Waals surface area contributed by atoms with E-state index in [0.717, 1.165) is 39.0 Å². The molecule has 3 N–H and O–H groups in total. The second kappa shape index (κ2) is 4.83. The molecule has 1 aliphatic rings. The summed E-state index contributed by atoms with van der Waals surface area (Å²) in [6.45, 7) is 0. The Bertz CT molecular complexity index is 1070. The van der Waals surface area contributed by atoms with Crippen LogP contribution in [-0.4, -0.2) is 20.3 Å².